The molecule has 0 aliphatic rings. The SMILES string of the molecule is COCCCn1c(C)cc(C(=O)COC(=O)c2[nH]c(C)c([C@@H](C)O)c2C)c1C. The van der Waals surface area contributed by atoms with E-state index in [1.807, 2.05) is 19.9 Å². The zero-order valence-corrected chi connectivity index (χ0v) is 17.5. The zero-order valence-electron chi connectivity index (χ0n) is 17.5. The van der Waals surface area contributed by atoms with Crippen molar-refractivity contribution in [2.75, 3.05) is 20.3 Å². The lowest BCUT2D eigenvalue weighted by molar-refractivity contribution is 0.0468. The maximum Gasteiger partial charge on any atom is 0.355 e. The molecule has 1 atom stereocenters. The molecule has 2 aromatic rings. The van der Waals surface area contributed by atoms with Gasteiger partial charge in [0.2, 0.25) is 5.78 Å². The van der Waals surface area contributed by atoms with Gasteiger partial charge in [0.1, 0.15) is 5.69 Å². The zero-order chi connectivity index (χ0) is 21.0. The molecular formula is C21H30N2O5. The van der Waals surface area contributed by atoms with Crippen LogP contribution in [0.3, 0.4) is 0 Å². The summed E-state index contributed by atoms with van der Waals surface area (Å²) >= 11 is 0. The number of rotatable bonds is 9. The maximum absolute atomic E-state index is 12.6. The number of esters is 1. The van der Waals surface area contributed by atoms with Crippen LogP contribution in [0, 0.1) is 27.7 Å². The van der Waals surface area contributed by atoms with Crippen molar-refractivity contribution in [1.29, 1.82) is 0 Å². The minimum Gasteiger partial charge on any atom is -0.453 e. The number of hydrogen-bond acceptors (Lipinski definition) is 5. The van der Waals surface area contributed by atoms with Gasteiger partial charge < -0.3 is 24.1 Å². The van der Waals surface area contributed by atoms with Gasteiger partial charge in [-0.3, -0.25) is 4.79 Å². The van der Waals surface area contributed by atoms with Gasteiger partial charge in [-0.25, -0.2) is 4.79 Å². The lowest BCUT2D eigenvalue weighted by Gasteiger charge is -2.09. The number of aliphatic hydroxyl groups excluding tert-OH is 1. The fraction of sp³-hybridized carbons (Fsp3) is 0.524. The normalized spacial score (nSPS) is 12.2. The van der Waals surface area contributed by atoms with Crippen LogP contribution in [0.1, 0.15) is 68.5 Å². The number of aromatic nitrogens is 2. The predicted octanol–water partition coefficient (Wildman–Crippen LogP) is 3.18. The van der Waals surface area contributed by atoms with E-state index >= 15 is 0 Å². The van der Waals surface area contributed by atoms with Crippen LogP contribution in [0.5, 0.6) is 0 Å². The van der Waals surface area contributed by atoms with Crippen LogP contribution in [-0.2, 0) is 16.0 Å². The van der Waals surface area contributed by atoms with Crippen molar-refractivity contribution in [2.45, 2.75) is 53.7 Å². The molecule has 0 spiro atoms. The molecule has 0 amide bonds. The van der Waals surface area contributed by atoms with Gasteiger partial charge in [0, 0.05) is 48.5 Å². The molecule has 2 aromatic heterocycles. The van der Waals surface area contributed by atoms with E-state index in [-0.39, 0.29) is 18.1 Å². The van der Waals surface area contributed by atoms with E-state index in [2.05, 4.69) is 9.55 Å². The van der Waals surface area contributed by atoms with E-state index in [1.165, 1.54) is 0 Å². The predicted molar refractivity (Wildman–Crippen MR) is 106 cm³/mol. The lowest BCUT2D eigenvalue weighted by atomic mass is 10.1. The molecule has 0 aromatic carbocycles. The molecule has 0 aliphatic carbocycles. The second-order valence-corrected chi connectivity index (χ2v) is 7.12. The molecule has 0 radical (unpaired) electrons. The number of ketones is 1. The molecular weight excluding hydrogens is 360 g/mol. The number of ether oxygens (including phenoxy) is 2. The molecule has 0 aliphatic heterocycles. The molecule has 0 saturated heterocycles. The summed E-state index contributed by atoms with van der Waals surface area (Å²) < 4.78 is 12.4. The quantitative estimate of drug-likeness (QED) is 0.390. The molecule has 154 valence electrons. The molecule has 7 nitrogen and oxygen atoms in total. The Bertz CT molecular complexity index is 861. The summed E-state index contributed by atoms with van der Waals surface area (Å²) in [5, 5.41) is 9.85. The van der Waals surface area contributed by atoms with Gasteiger partial charge in [0.05, 0.1) is 6.10 Å². The Morgan fingerprint density at radius 2 is 1.93 bits per heavy atom. The highest BCUT2D eigenvalue weighted by Gasteiger charge is 2.23. The largest absolute Gasteiger partial charge is 0.453 e. The molecule has 2 heterocycles. The third-order valence-electron chi connectivity index (χ3n) is 5.06. The average Bonchev–Trinajstić information content (AvgIpc) is 3.09. The van der Waals surface area contributed by atoms with Gasteiger partial charge in [0.15, 0.2) is 6.61 Å². The Morgan fingerprint density at radius 1 is 1.25 bits per heavy atom. The smallest absolute Gasteiger partial charge is 0.355 e. The molecule has 2 N–H and O–H groups in total. The van der Waals surface area contributed by atoms with Gasteiger partial charge in [-0.15, -0.1) is 0 Å². The van der Waals surface area contributed by atoms with Crippen molar-refractivity contribution in [3.8, 4) is 0 Å². The number of nitrogens with zero attached hydrogens (tertiary/aromatic N) is 1. The summed E-state index contributed by atoms with van der Waals surface area (Å²) in [6.07, 6.45) is 0.162. The van der Waals surface area contributed by atoms with Gasteiger partial charge in [-0.05, 0) is 52.7 Å². The highest BCUT2D eigenvalue weighted by Crippen LogP contribution is 2.25. The Balaban J connectivity index is 2.07. The van der Waals surface area contributed by atoms with Gasteiger partial charge >= 0.3 is 5.97 Å². The number of carbonyl (C=O) groups excluding carboxylic acids is 2. The topological polar surface area (TPSA) is 93.5 Å². The van der Waals surface area contributed by atoms with E-state index in [9.17, 15) is 14.7 Å². The number of Topliss-reactive ketones (excluding diaryl/α,β-unsaturated/α-hetero) is 1. The third kappa shape index (κ3) is 4.54. The van der Waals surface area contributed by atoms with Crippen LogP contribution < -0.4 is 0 Å². The van der Waals surface area contributed by atoms with Crippen molar-refractivity contribution in [2.24, 2.45) is 0 Å². The van der Waals surface area contributed by atoms with Crippen LogP contribution in [0.15, 0.2) is 6.07 Å². The van der Waals surface area contributed by atoms with Gasteiger partial charge in [0.25, 0.3) is 0 Å². The second kappa shape index (κ2) is 9.21. The number of methoxy groups -OCH3 is 1. The number of nitrogens with one attached hydrogen (secondary N) is 1. The first-order valence-electron chi connectivity index (χ1n) is 9.42. The van der Waals surface area contributed by atoms with Crippen LogP contribution in [0.4, 0.5) is 0 Å². The molecule has 2 rings (SSSR count). The summed E-state index contributed by atoms with van der Waals surface area (Å²) in [5.41, 5.74) is 4.71. The van der Waals surface area contributed by atoms with Crippen molar-refractivity contribution in [3.05, 3.63) is 45.5 Å². The van der Waals surface area contributed by atoms with E-state index in [0.717, 1.165) is 24.4 Å². The molecule has 7 heteroatoms. The Hall–Kier alpha value is -2.38. The molecule has 0 unspecified atom stereocenters. The van der Waals surface area contributed by atoms with E-state index in [0.29, 0.717) is 29.0 Å². The van der Waals surface area contributed by atoms with Crippen LogP contribution in [0.25, 0.3) is 0 Å². The minimum atomic E-state index is -0.692. The second-order valence-electron chi connectivity index (χ2n) is 7.12. The monoisotopic (exact) mass is 390 g/mol. The fourth-order valence-corrected chi connectivity index (χ4v) is 3.67. The van der Waals surface area contributed by atoms with E-state index < -0.39 is 12.1 Å². The third-order valence-corrected chi connectivity index (χ3v) is 5.06. The van der Waals surface area contributed by atoms with Crippen molar-refractivity contribution < 1.29 is 24.2 Å². The maximum atomic E-state index is 12.6. The summed E-state index contributed by atoms with van der Waals surface area (Å²) in [7, 11) is 1.66. The van der Waals surface area contributed by atoms with Crippen LogP contribution >= 0.6 is 0 Å². The van der Waals surface area contributed by atoms with Gasteiger partial charge in [-0.1, -0.05) is 0 Å². The highest BCUT2D eigenvalue weighted by atomic mass is 16.5. The standard InChI is InChI=1S/C21H30N2O5/c1-12-10-17(15(4)23(12)8-7-9-27-6)18(25)11-28-21(26)20-13(2)19(16(5)24)14(3)22-20/h10,16,22,24H,7-9,11H2,1-6H3/t16-/m1/s1. The summed E-state index contributed by atoms with van der Waals surface area (Å²) in [6, 6.07) is 1.83. The number of aliphatic hydroxyl groups is 1. The Kier molecular flexibility index (Phi) is 7.21. The van der Waals surface area contributed by atoms with Crippen molar-refractivity contribution >= 4 is 11.8 Å². The highest BCUT2D eigenvalue weighted by molar-refractivity contribution is 6.00. The van der Waals surface area contributed by atoms with Crippen LogP contribution in [-0.4, -0.2) is 46.7 Å². The molecule has 0 saturated carbocycles. The first-order chi connectivity index (χ1) is 13.2. The number of hydrogen-bond donors (Lipinski definition) is 2. The first kappa shape index (κ1) is 21.9. The molecule has 0 fully saturated rings. The average molecular weight is 390 g/mol. The summed E-state index contributed by atoms with van der Waals surface area (Å²) in [6.45, 7) is 10.1. The van der Waals surface area contributed by atoms with Crippen molar-refractivity contribution in [1.82, 2.24) is 9.55 Å². The lowest BCUT2D eigenvalue weighted by Crippen LogP contribution is -2.16. The summed E-state index contributed by atoms with van der Waals surface area (Å²) in [4.78, 5) is 28.0. The van der Waals surface area contributed by atoms with Crippen molar-refractivity contribution in [3.63, 3.8) is 0 Å². The van der Waals surface area contributed by atoms with Gasteiger partial charge in [-0.2, -0.15) is 0 Å². The molecule has 28 heavy (non-hydrogen) atoms. The summed E-state index contributed by atoms with van der Waals surface area (Å²) in [5.74, 6) is -0.842. The van der Waals surface area contributed by atoms with E-state index in [4.69, 9.17) is 9.47 Å². The fourth-order valence-electron chi connectivity index (χ4n) is 3.67. The number of aryl methyl sites for hydroxylation is 2. The van der Waals surface area contributed by atoms with Crippen LogP contribution in [0.2, 0.25) is 0 Å². The Morgan fingerprint density at radius 3 is 2.50 bits per heavy atom. The van der Waals surface area contributed by atoms with E-state index in [1.54, 1.807) is 27.9 Å². The minimum absolute atomic E-state index is 0.240. The number of aromatic amines is 1. The number of H-pyrrole nitrogens is 1. The Labute approximate surface area is 165 Å². The first-order valence-corrected chi connectivity index (χ1v) is 9.42. The molecule has 0 bridgehead atoms. The number of carbonyl (C=O) groups is 2.